The third-order valence-corrected chi connectivity index (χ3v) is 4.22. The normalized spacial score (nSPS) is 11.9. The van der Waals surface area contributed by atoms with Gasteiger partial charge in [-0.25, -0.2) is 0 Å². The molecule has 0 aliphatic heterocycles. The van der Waals surface area contributed by atoms with Crippen molar-refractivity contribution in [3.63, 3.8) is 0 Å². The molecule has 26 heavy (non-hydrogen) atoms. The Morgan fingerprint density at radius 1 is 1.08 bits per heavy atom. The Labute approximate surface area is 156 Å². The zero-order valence-corrected chi connectivity index (χ0v) is 16.3. The van der Waals surface area contributed by atoms with E-state index in [0.717, 1.165) is 28.2 Å². The maximum Gasteiger partial charge on any atom is 0.261 e. The van der Waals surface area contributed by atoms with Gasteiger partial charge in [-0.15, -0.1) is 0 Å². The molecular weight excluding hydrogens is 326 g/mol. The molecule has 1 atom stereocenters. The smallest absolute Gasteiger partial charge is 0.261 e. The van der Waals surface area contributed by atoms with Gasteiger partial charge in [0, 0.05) is 6.54 Å². The SMILES string of the molecule is CCC(Oc1cccc(C)c1C)C(=O)NCc1cccc(OC(C)C)c1. The lowest BCUT2D eigenvalue weighted by Crippen LogP contribution is -2.37. The minimum Gasteiger partial charge on any atom is -0.491 e. The average molecular weight is 355 g/mol. The highest BCUT2D eigenvalue weighted by atomic mass is 16.5. The van der Waals surface area contributed by atoms with Crippen LogP contribution in [0.2, 0.25) is 0 Å². The molecule has 0 aromatic heterocycles. The van der Waals surface area contributed by atoms with Crippen molar-refractivity contribution in [3.8, 4) is 11.5 Å². The predicted octanol–water partition coefficient (Wildman–Crippen LogP) is 4.56. The summed E-state index contributed by atoms with van der Waals surface area (Å²) in [6, 6.07) is 13.7. The second-order valence-electron chi connectivity index (χ2n) is 6.74. The van der Waals surface area contributed by atoms with Gasteiger partial charge in [-0.3, -0.25) is 4.79 Å². The first-order chi connectivity index (χ1) is 12.4. The van der Waals surface area contributed by atoms with Crippen LogP contribution in [0.5, 0.6) is 11.5 Å². The number of carbonyl (C=O) groups is 1. The first-order valence-corrected chi connectivity index (χ1v) is 9.16. The number of carbonyl (C=O) groups excluding carboxylic acids is 1. The summed E-state index contributed by atoms with van der Waals surface area (Å²) < 4.78 is 11.7. The lowest BCUT2D eigenvalue weighted by Gasteiger charge is -2.19. The van der Waals surface area contributed by atoms with Crippen molar-refractivity contribution in [2.75, 3.05) is 0 Å². The van der Waals surface area contributed by atoms with Gasteiger partial charge in [0.1, 0.15) is 11.5 Å². The van der Waals surface area contributed by atoms with E-state index in [4.69, 9.17) is 9.47 Å². The molecule has 0 bridgehead atoms. The maximum atomic E-state index is 12.5. The Morgan fingerprint density at radius 3 is 2.50 bits per heavy atom. The quantitative estimate of drug-likeness (QED) is 0.755. The molecule has 0 fully saturated rings. The van der Waals surface area contributed by atoms with Gasteiger partial charge in [-0.05, 0) is 69.0 Å². The van der Waals surface area contributed by atoms with Crippen LogP contribution in [0.25, 0.3) is 0 Å². The fourth-order valence-electron chi connectivity index (χ4n) is 2.63. The molecule has 0 aliphatic carbocycles. The van der Waals surface area contributed by atoms with Crippen molar-refractivity contribution in [2.45, 2.75) is 59.8 Å². The van der Waals surface area contributed by atoms with Crippen molar-refractivity contribution in [1.82, 2.24) is 5.32 Å². The topological polar surface area (TPSA) is 47.6 Å². The molecule has 0 heterocycles. The number of amides is 1. The van der Waals surface area contributed by atoms with E-state index >= 15 is 0 Å². The number of ether oxygens (including phenoxy) is 2. The van der Waals surface area contributed by atoms with E-state index in [1.165, 1.54) is 0 Å². The monoisotopic (exact) mass is 355 g/mol. The number of rotatable bonds is 8. The molecular formula is C22H29NO3. The van der Waals surface area contributed by atoms with Gasteiger partial charge >= 0.3 is 0 Å². The molecule has 0 radical (unpaired) electrons. The second kappa shape index (κ2) is 9.27. The minimum absolute atomic E-state index is 0.108. The molecule has 4 heteroatoms. The third kappa shape index (κ3) is 5.51. The van der Waals surface area contributed by atoms with Crippen LogP contribution >= 0.6 is 0 Å². The molecule has 0 aliphatic rings. The molecule has 1 unspecified atom stereocenters. The van der Waals surface area contributed by atoms with Gasteiger partial charge in [0.15, 0.2) is 6.10 Å². The second-order valence-corrected chi connectivity index (χ2v) is 6.74. The molecule has 0 saturated carbocycles. The van der Waals surface area contributed by atoms with Crippen molar-refractivity contribution in [2.24, 2.45) is 0 Å². The number of hydrogen-bond acceptors (Lipinski definition) is 3. The Bertz CT molecular complexity index is 740. The van der Waals surface area contributed by atoms with E-state index in [2.05, 4.69) is 5.32 Å². The summed E-state index contributed by atoms with van der Waals surface area (Å²) in [4.78, 5) is 12.5. The summed E-state index contributed by atoms with van der Waals surface area (Å²) in [7, 11) is 0. The Hall–Kier alpha value is -2.49. The lowest BCUT2D eigenvalue weighted by molar-refractivity contribution is -0.128. The maximum absolute atomic E-state index is 12.5. The summed E-state index contributed by atoms with van der Waals surface area (Å²) in [5.41, 5.74) is 3.22. The summed E-state index contributed by atoms with van der Waals surface area (Å²) in [5, 5.41) is 2.97. The Morgan fingerprint density at radius 2 is 1.81 bits per heavy atom. The number of benzene rings is 2. The third-order valence-electron chi connectivity index (χ3n) is 4.22. The zero-order chi connectivity index (χ0) is 19.1. The number of hydrogen-bond donors (Lipinski definition) is 1. The fourth-order valence-corrected chi connectivity index (χ4v) is 2.63. The highest BCUT2D eigenvalue weighted by Crippen LogP contribution is 2.22. The van der Waals surface area contributed by atoms with Gasteiger partial charge in [0.2, 0.25) is 0 Å². The van der Waals surface area contributed by atoms with Gasteiger partial charge in [0.05, 0.1) is 6.10 Å². The van der Waals surface area contributed by atoms with Crippen LogP contribution in [-0.4, -0.2) is 18.1 Å². The molecule has 0 saturated heterocycles. The van der Waals surface area contributed by atoms with E-state index in [1.54, 1.807) is 0 Å². The molecule has 2 rings (SSSR count). The summed E-state index contributed by atoms with van der Waals surface area (Å²) in [5.74, 6) is 1.47. The predicted molar refractivity (Wildman–Crippen MR) is 105 cm³/mol. The van der Waals surface area contributed by atoms with Crippen molar-refractivity contribution in [3.05, 3.63) is 59.2 Å². The Balaban J connectivity index is 1.98. The molecule has 1 N–H and O–H groups in total. The van der Waals surface area contributed by atoms with Crippen LogP contribution in [0.4, 0.5) is 0 Å². The van der Waals surface area contributed by atoms with Gasteiger partial charge < -0.3 is 14.8 Å². The number of aryl methyl sites for hydroxylation is 1. The zero-order valence-electron chi connectivity index (χ0n) is 16.3. The van der Waals surface area contributed by atoms with E-state index < -0.39 is 6.10 Å². The van der Waals surface area contributed by atoms with E-state index in [1.807, 2.05) is 77.1 Å². The lowest BCUT2D eigenvalue weighted by atomic mass is 10.1. The summed E-state index contributed by atoms with van der Waals surface area (Å²) in [6.07, 6.45) is 0.219. The van der Waals surface area contributed by atoms with E-state index in [9.17, 15) is 4.79 Å². The van der Waals surface area contributed by atoms with Gasteiger partial charge in [0.25, 0.3) is 5.91 Å². The molecule has 1 amide bonds. The first kappa shape index (κ1) is 19.8. The molecule has 140 valence electrons. The summed E-state index contributed by atoms with van der Waals surface area (Å²) in [6.45, 7) is 10.4. The van der Waals surface area contributed by atoms with Crippen LogP contribution in [0, 0.1) is 13.8 Å². The van der Waals surface area contributed by atoms with Crippen LogP contribution < -0.4 is 14.8 Å². The van der Waals surface area contributed by atoms with Gasteiger partial charge in [-0.1, -0.05) is 31.2 Å². The Kier molecular flexibility index (Phi) is 7.07. The average Bonchev–Trinajstić information content (AvgIpc) is 2.60. The van der Waals surface area contributed by atoms with Crippen molar-refractivity contribution in [1.29, 1.82) is 0 Å². The molecule has 0 spiro atoms. The van der Waals surface area contributed by atoms with Crippen LogP contribution in [-0.2, 0) is 11.3 Å². The fraction of sp³-hybridized carbons (Fsp3) is 0.409. The van der Waals surface area contributed by atoms with E-state index in [-0.39, 0.29) is 12.0 Å². The molecule has 2 aromatic carbocycles. The minimum atomic E-state index is -0.509. The van der Waals surface area contributed by atoms with Crippen LogP contribution in [0.1, 0.15) is 43.9 Å². The first-order valence-electron chi connectivity index (χ1n) is 9.16. The van der Waals surface area contributed by atoms with Crippen LogP contribution in [0.3, 0.4) is 0 Å². The summed E-state index contributed by atoms with van der Waals surface area (Å²) >= 11 is 0. The molecule has 2 aromatic rings. The molecule has 4 nitrogen and oxygen atoms in total. The van der Waals surface area contributed by atoms with Crippen molar-refractivity contribution < 1.29 is 14.3 Å². The van der Waals surface area contributed by atoms with Crippen LogP contribution in [0.15, 0.2) is 42.5 Å². The largest absolute Gasteiger partial charge is 0.491 e. The number of nitrogens with one attached hydrogen (secondary N) is 1. The van der Waals surface area contributed by atoms with Crippen molar-refractivity contribution >= 4 is 5.91 Å². The highest BCUT2D eigenvalue weighted by Gasteiger charge is 2.19. The van der Waals surface area contributed by atoms with Gasteiger partial charge in [-0.2, -0.15) is 0 Å². The highest BCUT2D eigenvalue weighted by molar-refractivity contribution is 5.81. The van der Waals surface area contributed by atoms with E-state index in [0.29, 0.717) is 13.0 Å². The standard InChI is InChI=1S/C22H29NO3/c1-6-20(26-21-12-7-9-16(4)17(21)5)22(24)23-14-18-10-8-11-19(13-18)25-15(2)3/h7-13,15,20H,6,14H2,1-5H3,(H,23,24).